The van der Waals surface area contributed by atoms with Crippen LogP contribution in [0.4, 0.5) is 0 Å². The lowest BCUT2D eigenvalue weighted by atomic mass is 9.75. The molecular formula is C25H28N2O. The number of hydrogen-bond acceptors (Lipinski definition) is 3. The molecule has 0 N–H and O–H groups in total. The average Bonchev–Trinajstić information content (AvgIpc) is 2.77. The van der Waals surface area contributed by atoms with E-state index >= 15 is 0 Å². The van der Waals surface area contributed by atoms with Gasteiger partial charge in [-0.25, -0.2) is 0 Å². The smallest absolute Gasteiger partial charge is 0.118 e. The molecule has 3 nitrogen and oxygen atoms in total. The second-order valence-corrected chi connectivity index (χ2v) is 7.80. The Hall–Kier alpha value is -2.78. The van der Waals surface area contributed by atoms with Crippen molar-refractivity contribution in [1.29, 1.82) is 10.5 Å². The summed E-state index contributed by atoms with van der Waals surface area (Å²) >= 11 is 0. The predicted molar refractivity (Wildman–Crippen MR) is 112 cm³/mol. The van der Waals surface area contributed by atoms with Gasteiger partial charge in [-0.05, 0) is 78.5 Å². The van der Waals surface area contributed by atoms with Gasteiger partial charge in [0, 0.05) is 0 Å². The van der Waals surface area contributed by atoms with Crippen LogP contribution in [0.25, 0.3) is 11.1 Å². The van der Waals surface area contributed by atoms with Gasteiger partial charge >= 0.3 is 0 Å². The van der Waals surface area contributed by atoms with Crippen molar-refractivity contribution in [3.63, 3.8) is 0 Å². The molecule has 1 fully saturated rings. The van der Waals surface area contributed by atoms with Crippen molar-refractivity contribution in [2.45, 2.75) is 57.8 Å². The summed E-state index contributed by atoms with van der Waals surface area (Å²) in [5.41, 5.74) is 4.15. The maximum atomic E-state index is 9.74. The van der Waals surface area contributed by atoms with E-state index in [4.69, 9.17) is 4.74 Å². The van der Waals surface area contributed by atoms with E-state index in [9.17, 15) is 10.5 Å². The number of hydrogen-bond donors (Lipinski definition) is 0. The van der Waals surface area contributed by atoms with E-state index in [0.29, 0.717) is 17.0 Å². The van der Waals surface area contributed by atoms with Gasteiger partial charge < -0.3 is 4.74 Å². The number of methoxy groups -OCH3 is 1. The molecule has 0 bridgehead atoms. The highest BCUT2D eigenvalue weighted by molar-refractivity contribution is 5.70. The van der Waals surface area contributed by atoms with Crippen molar-refractivity contribution >= 4 is 0 Å². The molecule has 0 aliphatic heterocycles. The van der Waals surface area contributed by atoms with Crippen LogP contribution in [0.1, 0.15) is 74.5 Å². The molecule has 0 aromatic heterocycles. The van der Waals surface area contributed by atoms with Crippen LogP contribution >= 0.6 is 0 Å². The maximum absolute atomic E-state index is 9.74. The van der Waals surface area contributed by atoms with Crippen molar-refractivity contribution in [2.75, 3.05) is 7.11 Å². The molecule has 0 saturated heterocycles. The molecule has 0 radical (unpaired) electrons. The van der Waals surface area contributed by atoms with E-state index in [0.717, 1.165) is 41.2 Å². The molecule has 3 rings (SSSR count). The zero-order valence-corrected chi connectivity index (χ0v) is 16.9. The first-order chi connectivity index (χ1) is 13.7. The SMILES string of the molecule is CCCCC1CCC(c2cc(-c3ccc(OC)cc3)cc(C#N)c2C#N)CC1. The molecule has 3 heteroatoms. The zero-order chi connectivity index (χ0) is 19.9. The molecule has 1 saturated carbocycles. The van der Waals surface area contributed by atoms with E-state index in [-0.39, 0.29) is 0 Å². The summed E-state index contributed by atoms with van der Waals surface area (Å²) in [5, 5.41) is 19.4. The van der Waals surface area contributed by atoms with Crippen LogP contribution in [0.2, 0.25) is 0 Å². The van der Waals surface area contributed by atoms with Crippen LogP contribution < -0.4 is 4.74 Å². The molecule has 2 aromatic carbocycles. The van der Waals surface area contributed by atoms with Crippen molar-refractivity contribution in [3.05, 3.63) is 53.1 Å². The topological polar surface area (TPSA) is 56.8 Å². The molecule has 1 aliphatic rings. The molecule has 0 amide bonds. The summed E-state index contributed by atoms with van der Waals surface area (Å²) in [6.45, 7) is 2.25. The van der Waals surface area contributed by atoms with E-state index in [2.05, 4.69) is 25.1 Å². The van der Waals surface area contributed by atoms with Crippen molar-refractivity contribution < 1.29 is 4.74 Å². The second kappa shape index (κ2) is 9.43. The van der Waals surface area contributed by atoms with Crippen molar-refractivity contribution in [3.8, 4) is 29.0 Å². The first-order valence-electron chi connectivity index (χ1n) is 10.3. The molecule has 0 unspecified atom stereocenters. The first-order valence-corrected chi connectivity index (χ1v) is 10.3. The van der Waals surface area contributed by atoms with Crippen LogP contribution in [-0.4, -0.2) is 7.11 Å². The summed E-state index contributed by atoms with van der Waals surface area (Å²) in [6.07, 6.45) is 8.57. The third-order valence-corrected chi connectivity index (χ3v) is 6.08. The summed E-state index contributed by atoms with van der Waals surface area (Å²) in [5.74, 6) is 2.00. The van der Waals surface area contributed by atoms with E-state index in [1.807, 2.05) is 30.3 Å². The molecule has 2 aromatic rings. The van der Waals surface area contributed by atoms with Gasteiger partial charge in [-0.1, -0.05) is 38.3 Å². The van der Waals surface area contributed by atoms with E-state index in [1.54, 1.807) is 7.11 Å². The number of unbranched alkanes of at least 4 members (excludes halogenated alkanes) is 1. The van der Waals surface area contributed by atoms with Crippen LogP contribution in [0.15, 0.2) is 36.4 Å². The summed E-state index contributed by atoms with van der Waals surface area (Å²) in [6, 6.07) is 16.4. The number of benzene rings is 2. The lowest BCUT2D eigenvalue weighted by molar-refractivity contribution is 0.304. The monoisotopic (exact) mass is 372 g/mol. The molecule has 0 spiro atoms. The average molecular weight is 373 g/mol. The third-order valence-electron chi connectivity index (χ3n) is 6.08. The maximum Gasteiger partial charge on any atom is 0.118 e. The predicted octanol–water partition coefficient (Wildman–Crippen LogP) is 6.57. The highest BCUT2D eigenvalue weighted by Crippen LogP contribution is 2.41. The highest BCUT2D eigenvalue weighted by Gasteiger charge is 2.25. The number of nitriles is 2. The van der Waals surface area contributed by atoms with Gasteiger partial charge in [0.15, 0.2) is 0 Å². The normalized spacial score (nSPS) is 18.9. The Bertz CT molecular complexity index is 878. The number of rotatable bonds is 6. The quantitative estimate of drug-likeness (QED) is 0.576. The third kappa shape index (κ3) is 4.37. The second-order valence-electron chi connectivity index (χ2n) is 7.80. The van der Waals surface area contributed by atoms with Crippen molar-refractivity contribution in [2.24, 2.45) is 5.92 Å². The largest absolute Gasteiger partial charge is 0.497 e. The Kier molecular flexibility index (Phi) is 6.72. The Morgan fingerprint density at radius 2 is 1.68 bits per heavy atom. The van der Waals surface area contributed by atoms with Crippen LogP contribution in [-0.2, 0) is 0 Å². The van der Waals surface area contributed by atoms with Gasteiger partial charge in [0.05, 0.1) is 18.2 Å². The molecule has 1 aliphatic carbocycles. The summed E-state index contributed by atoms with van der Waals surface area (Å²) < 4.78 is 5.25. The molecule has 144 valence electrons. The van der Waals surface area contributed by atoms with E-state index in [1.165, 1.54) is 32.1 Å². The number of nitrogens with zero attached hydrogens (tertiary/aromatic N) is 2. The molecular weight excluding hydrogens is 344 g/mol. The fourth-order valence-electron chi connectivity index (χ4n) is 4.40. The van der Waals surface area contributed by atoms with Gasteiger partial charge in [0.2, 0.25) is 0 Å². The molecule has 0 atom stereocenters. The van der Waals surface area contributed by atoms with Gasteiger partial charge in [-0.15, -0.1) is 0 Å². The standard InChI is InChI=1S/C25H28N2O/c1-3-4-5-18-6-8-20(9-7-18)24-15-21(14-22(16-26)25(24)17-27)19-10-12-23(28-2)13-11-19/h10-15,18,20H,3-9H2,1-2H3. The van der Waals surface area contributed by atoms with Gasteiger partial charge in [-0.2, -0.15) is 10.5 Å². The Morgan fingerprint density at radius 1 is 0.964 bits per heavy atom. The number of ether oxygens (including phenoxy) is 1. The molecule has 0 heterocycles. The first kappa shape index (κ1) is 20.0. The summed E-state index contributed by atoms with van der Waals surface area (Å²) in [7, 11) is 1.65. The van der Waals surface area contributed by atoms with Gasteiger partial charge in [0.1, 0.15) is 17.9 Å². The highest BCUT2D eigenvalue weighted by atomic mass is 16.5. The van der Waals surface area contributed by atoms with Gasteiger partial charge in [-0.3, -0.25) is 0 Å². The fourth-order valence-corrected chi connectivity index (χ4v) is 4.40. The lowest BCUT2D eigenvalue weighted by Gasteiger charge is -2.29. The Morgan fingerprint density at radius 3 is 2.25 bits per heavy atom. The minimum absolute atomic E-state index is 0.373. The molecule has 28 heavy (non-hydrogen) atoms. The van der Waals surface area contributed by atoms with E-state index < -0.39 is 0 Å². The lowest BCUT2D eigenvalue weighted by Crippen LogP contribution is -2.15. The van der Waals surface area contributed by atoms with Gasteiger partial charge in [0.25, 0.3) is 0 Å². The Labute approximate surface area is 168 Å². The fraction of sp³-hybridized carbons (Fsp3) is 0.440. The summed E-state index contributed by atoms with van der Waals surface area (Å²) in [4.78, 5) is 0. The minimum atomic E-state index is 0.373. The van der Waals surface area contributed by atoms with Crippen LogP contribution in [0.3, 0.4) is 0 Å². The zero-order valence-electron chi connectivity index (χ0n) is 16.9. The van der Waals surface area contributed by atoms with Crippen LogP contribution in [0, 0.1) is 28.6 Å². The minimum Gasteiger partial charge on any atom is -0.497 e. The van der Waals surface area contributed by atoms with Crippen molar-refractivity contribution in [1.82, 2.24) is 0 Å². The van der Waals surface area contributed by atoms with Crippen LogP contribution in [0.5, 0.6) is 5.75 Å². The Balaban J connectivity index is 1.91.